The van der Waals surface area contributed by atoms with Gasteiger partial charge in [0.2, 0.25) is 0 Å². The van der Waals surface area contributed by atoms with Gasteiger partial charge in [-0.1, -0.05) is 12.1 Å². The summed E-state index contributed by atoms with van der Waals surface area (Å²) in [5.41, 5.74) is 0.748. The van der Waals surface area contributed by atoms with Crippen molar-refractivity contribution < 1.29 is 13.9 Å². The molecule has 0 saturated carbocycles. The second-order valence-electron chi connectivity index (χ2n) is 4.95. The van der Waals surface area contributed by atoms with Crippen LogP contribution in [0.25, 0.3) is 11.0 Å². The molecule has 1 aliphatic heterocycles. The molecule has 2 heterocycles. The first-order chi connectivity index (χ1) is 9.24. The number of para-hydroxylation sites is 1. The summed E-state index contributed by atoms with van der Waals surface area (Å²) in [6.07, 6.45) is 2.49. The van der Waals surface area contributed by atoms with Gasteiger partial charge < -0.3 is 9.15 Å². The van der Waals surface area contributed by atoms with E-state index < -0.39 is 0 Å². The zero-order valence-corrected chi connectivity index (χ0v) is 12.1. The molecule has 0 bridgehead atoms. The van der Waals surface area contributed by atoms with Gasteiger partial charge in [0.1, 0.15) is 5.58 Å². The molecule has 4 heteroatoms. The van der Waals surface area contributed by atoms with Crippen LogP contribution in [0.1, 0.15) is 29.8 Å². The van der Waals surface area contributed by atoms with Crippen LogP contribution in [-0.4, -0.2) is 19.0 Å². The van der Waals surface area contributed by atoms with Crippen LogP contribution in [-0.2, 0) is 4.74 Å². The first-order valence-corrected chi connectivity index (χ1v) is 7.32. The molecule has 0 atom stereocenters. The van der Waals surface area contributed by atoms with Gasteiger partial charge in [-0.05, 0) is 46.8 Å². The summed E-state index contributed by atoms with van der Waals surface area (Å²) in [5, 5.41) is 0.963. The smallest absolute Gasteiger partial charge is 0.198 e. The van der Waals surface area contributed by atoms with E-state index in [2.05, 4.69) is 15.9 Å². The van der Waals surface area contributed by atoms with Crippen molar-refractivity contribution in [3.8, 4) is 0 Å². The number of hydrogen-bond donors (Lipinski definition) is 0. The van der Waals surface area contributed by atoms with Crippen molar-refractivity contribution in [2.45, 2.75) is 19.3 Å². The average Bonchev–Trinajstić information content (AvgIpc) is 2.85. The molecule has 0 radical (unpaired) electrons. The molecular weight excluding hydrogens is 308 g/mol. The molecule has 0 aliphatic carbocycles. The molecule has 0 spiro atoms. The number of fused-ring (bicyclic) bond motifs is 1. The number of halogens is 1. The number of ether oxygens (including phenoxy) is 1. The van der Waals surface area contributed by atoms with Crippen molar-refractivity contribution in [1.29, 1.82) is 0 Å². The minimum atomic E-state index is 0.0926. The molecule has 3 nitrogen and oxygen atoms in total. The Balaban J connectivity index is 1.79. The zero-order valence-electron chi connectivity index (χ0n) is 10.5. The van der Waals surface area contributed by atoms with Gasteiger partial charge >= 0.3 is 0 Å². The number of benzene rings is 1. The average molecular weight is 323 g/mol. The van der Waals surface area contributed by atoms with E-state index in [1.54, 1.807) is 0 Å². The van der Waals surface area contributed by atoms with E-state index in [-0.39, 0.29) is 5.78 Å². The minimum absolute atomic E-state index is 0.0926. The lowest BCUT2D eigenvalue weighted by atomic mass is 9.94. The fourth-order valence-electron chi connectivity index (χ4n) is 2.48. The highest BCUT2D eigenvalue weighted by atomic mass is 79.9. The first-order valence-electron chi connectivity index (χ1n) is 6.53. The van der Waals surface area contributed by atoms with Gasteiger partial charge in [0.05, 0.1) is 4.47 Å². The van der Waals surface area contributed by atoms with Crippen molar-refractivity contribution in [3.63, 3.8) is 0 Å². The van der Waals surface area contributed by atoms with Gasteiger partial charge in [-0.3, -0.25) is 4.79 Å². The predicted molar refractivity (Wildman–Crippen MR) is 76.4 cm³/mol. The predicted octanol–water partition coefficient (Wildman–Crippen LogP) is 4.19. The summed E-state index contributed by atoms with van der Waals surface area (Å²) in [6, 6.07) is 7.64. The quantitative estimate of drug-likeness (QED) is 0.795. The highest BCUT2D eigenvalue weighted by Crippen LogP contribution is 2.29. The summed E-state index contributed by atoms with van der Waals surface area (Å²) in [7, 11) is 0. The van der Waals surface area contributed by atoms with E-state index in [1.165, 1.54) is 0 Å². The van der Waals surface area contributed by atoms with E-state index in [9.17, 15) is 4.79 Å². The monoisotopic (exact) mass is 322 g/mol. The Morgan fingerprint density at radius 2 is 2.11 bits per heavy atom. The fraction of sp³-hybridized carbons (Fsp3) is 0.400. The van der Waals surface area contributed by atoms with E-state index in [0.717, 1.165) is 41.5 Å². The van der Waals surface area contributed by atoms with Crippen LogP contribution in [0.5, 0.6) is 0 Å². The van der Waals surface area contributed by atoms with Gasteiger partial charge in [-0.2, -0.15) is 0 Å². The molecular formula is C15H15BrO3. The minimum Gasteiger partial charge on any atom is -0.452 e. The Bertz CT molecular complexity index is 596. The van der Waals surface area contributed by atoms with Gasteiger partial charge in [0.15, 0.2) is 11.5 Å². The maximum atomic E-state index is 12.2. The van der Waals surface area contributed by atoms with Crippen LogP contribution in [0.4, 0.5) is 0 Å². The third-order valence-electron chi connectivity index (χ3n) is 3.59. The first kappa shape index (κ1) is 12.9. The molecule has 1 aromatic heterocycles. The van der Waals surface area contributed by atoms with Crippen LogP contribution in [0.3, 0.4) is 0 Å². The SMILES string of the molecule is O=C(CC1CCOCC1)c1cc2cccc(Br)c2o1. The zero-order chi connectivity index (χ0) is 13.2. The normalized spacial score (nSPS) is 16.9. The Labute approximate surface area is 120 Å². The van der Waals surface area contributed by atoms with E-state index in [4.69, 9.17) is 9.15 Å². The molecule has 2 aromatic rings. The third kappa shape index (κ3) is 2.74. The standard InChI is InChI=1S/C15H15BrO3/c16-12-3-1-2-11-9-14(19-15(11)12)13(17)8-10-4-6-18-7-5-10/h1-3,9-10H,4-8H2. The topological polar surface area (TPSA) is 39.4 Å². The molecule has 3 rings (SSSR count). The van der Waals surface area contributed by atoms with Gasteiger partial charge in [0.25, 0.3) is 0 Å². The van der Waals surface area contributed by atoms with E-state index in [1.807, 2.05) is 24.3 Å². The summed E-state index contributed by atoms with van der Waals surface area (Å²) >= 11 is 3.44. The fourth-order valence-corrected chi connectivity index (χ4v) is 2.94. The third-order valence-corrected chi connectivity index (χ3v) is 4.21. The lowest BCUT2D eigenvalue weighted by Crippen LogP contribution is -2.18. The molecule has 1 aliphatic rings. The van der Waals surface area contributed by atoms with Gasteiger partial charge in [-0.15, -0.1) is 0 Å². The van der Waals surface area contributed by atoms with Crippen LogP contribution in [0, 0.1) is 5.92 Å². The molecule has 19 heavy (non-hydrogen) atoms. The number of carbonyl (C=O) groups excluding carboxylic acids is 1. The highest BCUT2D eigenvalue weighted by Gasteiger charge is 2.21. The van der Waals surface area contributed by atoms with Crippen LogP contribution in [0.15, 0.2) is 33.2 Å². The molecule has 0 amide bonds. The number of ketones is 1. The second-order valence-corrected chi connectivity index (χ2v) is 5.81. The van der Waals surface area contributed by atoms with E-state index >= 15 is 0 Å². The second kappa shape index (κ2) is 5.47. The van der Waals surface area contributed by atoms with Crippen molar-refractivity contribution in [1.82, 2.24) is 0 Å². The highest BCUT2D eigenvalue weighted by molar-refractivity contribution is 9.10. The number of carbonyl (C=O) groups is 1. The van der Waals surface area contributed by atoms with Crippen molar-refractivity contribution >= 4 is 32.7 Å². The largest absolute Gasteiger partial charge is 0.452 e. The van der Waals surface area contributed by atoms with Crippen LogP contribution < -0.4 is 0 Å². The van der Waals surface area contributed by atoms with E-state index in [0.29, 0.717) is 18.1 Å². The maximum absolute atomic E-state index is 12.2. The molecule has 0 unspecified atom stereocenters. The van der Waals surface area contributed by atoms with Crippen LogP contribution >= 0.6 is 15.9 Å². The maximum Gasteiger partial charge on any atom is 0.198 e. The molecule has 0 N–H and O–H groups in total. The molecule has 100 valence electrons. The molecule has 1 aromatic carbocycles. The summed E-state index contributed by atoms with van der Waals surface area (Å²) in [5.74, 6) is 0.987. The summed E-state index contributed by atoms with van der Waals surface area (Å²) in [4.78, 5) is 12.2. The molecule has 1 fully saturated rings. The lowest BCUT2D eigenvalue weighted by Gasteiger charge is -2.20. The van der Waals surface area contributed by atoms with Crippen LogP contribution in [0.2, 0.25) is 0 Å². The lowest BCUT2D eigenvalue weighted by molar-refractivity contribution is 0.0593. The Hall–Kier alpha value is -1.13. The van der Waals surface area contributed by atoms with Crippen molar-refractivity contribution in [3.05, 3.63) is 34.5 Å². The summed E-state index contributed by atoms with van der Waals surface area (Å²) < 4.78 is 11.9. The van der Waals surface area contributed by atoms with Gasteiger partial charge in [-0.25, -0.2) is 0 Å². The van der Waals surface area contributed by atoms with Gasteiger partial charge in [0, 0.05) is 25.0 Å². The Morgan fingerprint density at radius 3 is 2.84 bits per heavy atom. The molecule has 1 saturated heterocycles. The number of Topliss-reactive ketones (excluding diaryl/α,β-unsaturated/α-hetero) is 1. The number of hydrogen-bond acceptors (Lipinski definition) is 3. The Kier molecular flexibility index (Phi) is 3.71. The van der Waals surface area contributed by atoms with Crippen molar-refractivity contribution in [2.24, 2.45) is 5.92 Å². The van der Waals surface area contributed by atoms with Crippen molar-refractivity contribution in [2.75, 3.05) is 13.2 Å². The summed E-state index contributed by atoms with van der Waals surface area (Å²) in [6.45, 7) is 1.53. The number of furan rings is 1. The Morgan fingerprint density at radius 1 is 1.32 bits per heavy atom. The number of rotatable bonds is 3.